The summed E-state index contributed by atoms with van der Waals surface area (Å²) in [6, 6.07) is 17.4. The molecular weight excluding hydrogens is 278 g/mol. The van der Waals surface area contributed by atoms with Gasteiger partial charge in [-0.2, -0.15) is 0 Å². The van der Waals surface area contributed by atoms with E-state index in [0.717, 1.165) is 22.8 Å². The lowest BCUT2D eigenvalue weighted by Crippen LogP contribution is -2.02. The zero-order valence-corrected chi connectivity index (χ0v) is 12.1. The SMILES string of the molecule is O=C1OCCC1=CCNc1ccc(Oc2ccccc2)cc1. The maximum Gasteiger partial charge on any atom is 0.333 e. The Labute approximate surface area is 129 Å². The number of hydrogen-bond acceptors (Lipinski definition) is 4. The Bertz CT molecular complexity index is 662. The van der Waals surface area contributed by atoms with Gasteiger partial charge in [0.2, 0.25) is 0 Å². The van der Waals surface area contributed by atoms with Crippen molar-refractivity contribution < 1.29 is 14.3 Å². The number of cyclic esters (lactones) is 1. The van der Waals surface area contributed by atoms with Gasteiger partial charge in [0.15, 0.2) is 0 Å². The predicted octanol–water partition coefficient (Wildman–Crippen LogP) is 3.76. The Morgan fingerprint density at radius 3 is 2.45 bits per heavy atom. The molecule has 22 heavy (non-hydrogen) atoms. The van der Waals surface area contributed by atoms with E-state index >= 15 is 0 Å². The van der Waals surface area contributed by atoms with E-state index in [1.54, 1.807) is 0 Å². The third-order valence-electron chi connectivity index (χ3n) is 3.35. The Hall–Kier alpha value is -2.75. The number of hydrogen-bond donors (Lipinski definition) is 1. The first-order valence-electron chi connectivity index (χ1n) is 7.24. The van der Waals surface area contributed by atoms with Gasteiger partial charge in [-0.25, -0.2) is 4.79 Å². The van der Waals surface area contributed by atoms with Crippen LogP contribution in [0.1, 0.15) is 6.42 Å². The maximum absolute atomic E-state index is 11.3. The molecule has 1 aliphatic heterocycles. The van der Waals surface area contributed by atoms with Crippen molar-refractivity contribution in [2.75, 3.05) is 18.5 Å². The summed E-state index contributed by atoms with van der Waals surface area (Å²) in [5, 5.41) is 3.24. The number of ether oxygens (including phenoxy) is 2. The Morgan fingerprint density at radius 1 is 1.05 bits per heavy atom. The third kappa shape index (κ3) is 3.67. The topological polar surface area (TPSA) is 47.6 Å². The normalized spacial score (nSPS) is 15.6. The molecule has 4 heteroatoms. The Balaban J connectivity index is 1.54. The average Bonchev–Trinajstić information content (AvgIpc) is 2.95. The van der Waals surface area contributed by atoms with E-state index in [4.69, 9.17) is 9.47 Å². The van der Waals surface area contributed by atoms with Crippen LogP contribution >= 0.6 is 0 Å². The van der Waals surface area contributed by atoms with E-state index in [-0.39, 0.29) is 5.97 Å². The molecule has 1 aliphatic rings. The highest BCUT2D eigenvalue weighted by Crippen LogP contribution is 2.22. The van der Waals surface area contributed by atoms with Crippen LogP contribution in [0.2, 0.25) is 0 Å². The van der Waals surface area contributed by atoms with Crippen molar-refractivity contribution in [3.63, 3.8) is 0 Å². The Morgan fingerprint density at radius 2 is 1.77 bits per heavy atom. The maximum atomic E-state index is 11.3. The molecule has 2 aromatic carbocycles. The molecule has 0 amide bonds. The molecular formula is C18H17NO3. The first-order valence-corrected chi connectivity index (χ1v) is 7.24. The lowest BCUT2D eigenvalue weighted by Gasteiger charge is -2.07. The van der Waals surface area contributed by atoms with Crippen molar-refractivity contribution in [1.82, 2.24) is 0 Å². The summed E-state index contributed by atoms with van der Waals surface area (Å²) in [6.07, 6.45) is 2.58. The van der Waals surface area contributed by atoms with Crippen molar-refractivity contribution in [2.45, 2.75) is 6.42 Å². The van der Waals surface area contributed by atoms with Crippen LogP contribution in [-0.4, -0.2) is 19.1 Å². The van der Waals surface area contributed by atoms with Gasteiger partial charge in [0, 0.05) is 24.2 Å². The van der Waals surface area contributed by atoms with Crippen LogP contribution in [0, 0.1) is 0 Å². The molecule has 0 aromatic heterocycles. The van der Waals surface area contributed by atoms with Gasteiger partial charge in [-0.3, -0.25) is 0 Å². The molecule has 4 nitrogen and oxygen atoms in total. The summed E-state index contributed by atoms with van der Waals surface area (Å²) in [5.41, 5.74) is 1.72. The lowest BCUT2D eigenvalue weighted by atomic mass is 10.2. The summed E-state index contributed by atoms with van der Waals surface area (Å²) in [4.78, 5) is 11.3. The fourth-order valence-electron chi connectivity index (χ4n) is 2.19. The van der Waals surface area contributed by atoms with E-state index in [0.29, 0.717) is 19.6 Å². The van der Waals surface area contributed by atoms with E-state index in [1.807, 2.05) is 60.7 Å². The van der Waals surface area contributed by atoms with Gasteiger partial charge in [0.1, 0.15) is 11.5 Å². The molecule has 0 spiro atoms. The van der Waals surface area contributed by atoms with Crippen LogP contribution in [0.25, 0.3) is 0 Å². The highest BCUT2D eigenvalue weighted by Gasteiger charge is 2.17. The number of rotatable bonds is 5. The highest BCUT2D eigenvalue weighted by atomic mass is 16.5. The third-order valence-corrected chi connectivity index (χ3v) is 3.35. The van der Waals surface area contributed by atoms with E-state index < -0.39 is 0 Å². The monoisotopic (exact) mass is 295 g/mol. The number of esters is 1. The number of carbonyl (C=O) groups excluding carboxylic acids is 1. The number of nitrogens with one attached hydrogen (secondary N) is 1. The van der Waals surface area contributed by atoms with Crippen molar-refractivity contribution in [3.05, 3.63) is 66.2 Å². The molecule has 0 radical (unpaired) electrons. The van der Waals surface area contributed by atoms with Crippen LogP contribution in [0.3, 0.4) is 0 Å². The fourth-order valence-corrected chi connectivity index (χ4v) is 2.19. The van der Waals surface area contributed by atoms with Crippen LogP contribution in [0.4, 0.5) is 5.69 Å². The van der Waals surface area contributed by atoms with Gasteiger partial charge in [-0.05, 0) is 36.4 Å². The van der Waals surface area contributed by atoms with Crippen LogP contribution < -0.4 is 10.1 Å². The molecule has 1 N–H and O–H groups in total. The second-order valence-electron chi connectivity index (χ2n) is 4.94. The van der Waals surface area contributed by atoms with Gasteiger partial charge in [0.05, 0.1) is 6.61 Å². The molecule has 1 heterocycles. The summed E-state index contributed by atoms with van der Waals surface area (Å²) in [6.45, 7) is 1.10. The average molecular weight is 295 g/mol. The van der Waals surface area contributed by atoms with E-state index in [2.05, 4.69) is 5.32 Å². The van der Waals surface area contributed by atoms with Gasteiger partial charge in [-0.15, -0.1) is 0 Å². The zero-order valence-electron chi connectivity index (χ0n) is 12.1. The number of anilines is 1. The summed E-state index contributed by atoms with van der Waals surface area (Å²) < 4.78 is 10.6. The smallest absolute Gasteiger partial charge is 0.333 e. The molecule has 0 unspecified atom stereocenters. The molecule has 0 aliphatic carbocycles. The molecule has 0 bridgehead atoms. The lowest BCUT2D eigenvalue weighted by molar-refractivity contribution is -0.135. The first-order chi connectivity index (χ1) is 10.8. The minimum absolute atomic E-state index is 0.201. The number of benzene rings is 2. The predicted molar refractivity (Wildman–Crippen MR) is 85.1 cm³/mol. The largest absolute Gasteiger partial charge is 0.462 e. The quantitative estimate of drug-likeness (QED) is 0.674. The highest BCUT2D eigenvalue weighted by molar-refractivity contribution is 5.90. The van der Waals surface area contributed by atoms with Crippen LogP contribution in [0.5, 0.6) is 11.5 Å². The number of carbonyl (C=O) groups is 1. The Kier molecular flexibility index (Phi) is 4.39. The van der Waals surface area contributed by atoms with Gasteiger partial charge >= 0.3 is 5.97 Å². The fraction of sp³-hybridized carbons (Fsp3) is 0.167. The molecule has 1 fully saturated rings. The summed E-state index contributed by atoms with van der Waals surface area (Å²) in [5.74, 6) is 1.40. The standard InChI is InChI=1S/C18H17NO3/c20-18-14(11-13-21-18)10-12-19-15-6-8-17(9-7-15)22-16-4-2-1-3-5-16/h1-10,19H,11-13H2. The molecule has 112 valence electrons. The molecule has 3 rings (SSSR count). The molecule has 0 saturated carbocycles. The number of para-hydroxylation sites is 1. The second-order valence-corrected chi connectivity index (χ2v) is 4.94. The van der Waals surface area contributed by atoms with Crippen molar-refractivity contribution in [1.29, 1.82) is 0 Å². The van der Waals surface area contributed by atoms with Crippen molar-refractivity contribution in [3.8, 4) is 11.5 Å². The second kappa shape index (κ2) is 6.80. The molecule has 2 aromatic rings. The summed E-state index contributed by atoms with van der Waals surface area (Å²) in [7, 11) is 0. The zero-order chi connectivity index (χ0) is 15.2. The van der Waals surface area contributed by atoms with Crippen molar-refractivity contribution >= 4 is 11.7 Å². The molecule has 0 atom stereocenters. The van der Waals surface area contributed by atoms with Crippen molar-refractivity contribution in [2.24, 2.45) is 0 Å². The van der Waals surface area contributed by atoms with Crippen LogP contribution in [-0.2, 0) is 9.53 Å². The van der Waals surface area contributed by atoms with Gasteiger partial charge < -0.3 is 14.8 Å². The first kappa shape index (κ1) is 14.2. The van der Waals surface area contributed by atoms with E-state index in [1.165, 1.54) is 0 Å². The minimum atomic E-state index is -0.201. The van der Waals surface area contributed by atoms with Crippen LogP contribution in [0.15, 0.2) is 66.2 Å². The van der Waals surface area contributed by atoms with Gasteiger partial charge in [0.25, 0.3) is 0 Å². The molecule has 1 saturated heterocycles. The van der Waals surface area contributed by atoms with E-state index in [9.17, 15) is 4.79 Å². The summed E-state index contributed by atoms with van der Waals surface area (Å²) >= 11 is 0. The minimum Gasteiger partial charge on any atom is -0.462 e. The van der Waals surface area contributed by atoms with Gasteiger partial charge in [-0.1, -0.05) is 24.3 Å².